The van der Waals surface area contributed by atoms with Gasteiger partial charge in [0.05, 0.1) is 10.0 Å². The van der Waals surface area contributed by atoms with Gasteiger partial charge in [0.25, 0.3) is 5.91 Å². The summed E-state index contributed by atoms with van der Waals surface area (Å²) < 4.78 is 10.7. The molecule has 2 aromatic rings. The van der Waals surface area contributed by atoms with Crippen molar-refractivity contribution < 1.29 is 14.1 Å². The third kappa shape index (κ3) is 4.20. The molecule has 8 heteroatoms. The fourth-order valence-electron chi connectivity index (χ4n) is 2.49. The molecule has 0 saturated carbocycles. The van der Waals surface area contributed by atoms with E-state index in [0.29, 0.717) is 21.6 Å². The average molecular weight is 370 g/mol. The Labute approximate surface area is 149 Å². The van der Waals surface area contributed by atoms with Gasteiger partial charge in [-0.3, -0.25) is 4.79 Å². The molecular formula is C16H17Cl2N3O3. The zero-order valence-corrected chi connectivity index (χ0v) is 14.4. The molecule has 1 aromatic carbocycles. The summed E-state index contributed by atoms with van der Waals surface area (Å²) in [7, 11) is 0. The van der Waals surface area contributed by atoms with E-state index in [2.05, 4.69) is 15.8 Å². The minimum atomic E-state index is -0.255. The number of hydrogen-bond acceptors (Lipinski definition) is 5. The molecule has 0 spiro atoms. The Morgan fingerprint density at radius 3 is 2.92 bits per heavy atom. The highest BCUT2D eigenvalue weighted by atomic mass is 35.5. The second-order valence-electron chi connectivity index (χ2n) is 5.53. The summed E-state index contributed by atoms with van der Waals surface area (Å²) >= 11 is 12.1. The molecular weight excluding hydrogens is 353 g/mol. The van der Waals surface area contributed by atoms with Gasteiger partial charge in [0.2, 0.25) is 0 Å². The van der Waals surface area contributed by atoms with Crippen LogP contribution in [0.15, 0.2) is 28.8 Å². The third-order valence-corrected chi connectivity index (χ3v) is 4.30. The number of aromatic nitrogens is 1. The van der Waals surface area contributed by atoms with Crippen LogP contribution >= 0.6 is 23.2 Å². The Hall–Kier alpha value is -1.76. The number of halogens is 2. The first-order chi connectivity index (χ1) is 11.6. The van der Waals surface area contributed by atoms with Crippen LogP contribution in [0.4, 0.5) is 0 Å². The molecule has 24 heavy (non-hydrogen) atoms. The maximum absolute atomic E-state index is 12.2. The number of rotatable bonds is 5. The van der Waals surface area contributed by atoms with Crippen LogP contribution in [0.3, 0.4) is 0 Å². The molecule has 0 unspecified atom stereocenters. The number of nitrogens with zero attached hydrogens (tertiary/aromatic N) is 1. The van der Waals surface area contributed by atoms with E-state index in [9.17, 15) is 4.79 Å². The minimum absolute atomic E-state index is 0.0781. The molecule has 2 heterocycles. The first kappa shape index (κ1) is 17.1. The number of benzene rings is 1. The Balaban J connectivity index is 1.58. The van der Waals surface area contributed by atoms with Crippen LogP contribution in [-0.4, -0.2) is 30.2 Å². The summed E-state index contributed by atoms with van der Waals surface area (Å²) in [4.78, 5) is 12.2. The Bertz CT molecular complexity index is 694. The standard InChI is InChI=1S/C16H17Cl2N3O3/c17-12-4-1-5-13(18)15(12)23-9-11-7-14(21-24-11)16(22)20-10-3-2-6-19-8-10/h1,4-5,7,10,19H,2-3,6,8-9H2,(H,20,22)/t10-/m0/s1. The molecule has 0 aliphatic carbocycles. The number of ether oxygens (including phenoxy) is 1. The maximum atomic E-state index is 12.2. The molecule has 1 aliphatic heterocycles. The lowest BCUT2D eigenvalue weighted by atomic mass is 10.1. The average Bonchev–Trinajstić information content (AvgIpc) is 3.04. The van der Waals surface area contributed by atoms with Crippen molar-refractivity contribution in [2.24, 2.45) is 0 Å². The maximum Gasteiger partial charge on any atom is 0.273 e. The second kappa shape index (κ2) is 7.88. The van der Waals surface area contributed by atoms with Crippen molar-refractivity contribution in [3.8, 4) is 5.75 Å². The fourth-order valence-corrected chi connectivity index (χ4v) is 2.99. The van der Waals surface area contributed by atoms with Crippen LogP contribution in [0, 0.1) is 0 Å². The molecule has 128 valence electrons. The molecule has 1 atom stereocenters. The number of amides is 1. The van der Waals surface area contributed by atoms with E-state index in [4.69, 9.17) is 32.5 Å². The fraction of sp³-hybridized carbons (Fsp3) is 0.375. The van der Waals surface area contributed by atoms with E-state index in [1.54, 1.807) is 24.3 Å². The lowest BCUT2D eigenvalue weighted by molar-refractivity contribution is 0.0921. The van der Waals surface area contributed by atoms with Gasteiger partial charge < -0.3 is 19.9 Å². The van der Waals surface area contributed by atoms with E-state index in [1.165, 1.54) is 0 Å². The molecule has 2 N–H and O–H groups in total. The highest BCUT2D eigenvalue weighted by Crippen LogP contribution is 2.32. The van der Waals surface area contributed by atoms with E-state index >= 15 is 0 Å². The van der Waals surface area contributed by atoms with Crippen LogP contribution < -0.4 is 15.4 Å². The summed E-state index contributed by atoms with van der Waals surface area (Å²) in [6.07, 6.45) is 2.00. The SMILES string of the molecule is O=C(N[C@H]1CCCNC1)c1cc(COc2c(Cl)cccc2Cl)on1. The summed E-state index contributed by atoms with van der Waals surface area (Å²) in [6.45, 7) is 1.84. The van der Waals surface area contributed by atoms with Gasteiger partial charge in [-0.15, -0.1) is 0 Å². The minimum Gasteiger partial charge on any atom is -0.482 e. The van der Waals surface area contributed by atoms with Crippen molar-refractivity contribution in [1.82, 2.24) is 15.8 Å². The van der Waals surface area contributed by atoms with Gasteiger partial charge >= 0.3 is 0 Å². The number of nitrogens with one attached hydrogen (secondary N) is 2. The molecule has 1 saturated heterocycles. The van der Waals surface area contributed by atoms with Crippen LogP contribution in [0.1, 0.15) is 29.1 Å². The largest absolute Gasteiger partial charge is 0.482 e. The number of carbonyl (C=O) groups is 1. The van der Waals surface area contributed by atoms with Gasteiger partial charge in [-0.25, -0.2) is 0 Å². The summed E-state index contributed by atoms with van der Waals surface area (Å²) in [5, 5.41) is 10.8. The quantitative estimate of drug-likeness (QED) is 0.846. The predicted octanol–water partition coefficient (Wildman–Crippen LogP) is 3.04. The normalized spacial score (nSPS) is 17.5. The van der Waals surface area contributed by atoms with Crippen LogP contribution in [0.2, 0.25) is 10.0 Å². The van der Waals surface area contributed by atoms with Gasteiger partial charge in [-0.05, 0) is 31.5 Å². The Morgan fingerprint density at radius 1 is 1.42 bits per heavy atom. The molecule has 0 radical (unpaired) electrons. The number of hydrogen-bond donors (Lipinski definition) is 2. The highest BCUT2D eigenvalue weighted by Gasteiger charge is 2.19. The first-order valence-corrected chi connectivity index (χ1v) is 8.43. The topological polar surface area (TPSA) is 76.4 Å². The van der Waals surface area contributed by atoms with Crippen molar-refractivity contribution in [3.63, 3.8) is 0 Å². The molecule has 1 aliphatic rings. The van der Waals surface area contributed by atoms with Crippen LogP contribution in [-0.2, 0) is 6.61 Å². The summed E-state index contributed by atoms with van der Waals surface area (Å²) in [6, 6.07) is 6.76. The Morgan fingerprint density at radius 2 is 2.21 bits per heavy atom. The molecule has 0 bridgehead atoms. The summed E-state index contributed by atoms with van der Waals surface area (Å²) in [5.74, 6) is 0.531. The number of piperidine rings is 1. The lowest BCUT2D eigenvalue weighted by Gasteiger charge is -2.23. The molecule has 1 fully saturated rings. The lowest BCUT2D eigenvalue weighted by Crippen LogP contribution is -2.45. The van der Waals surface area contributed by atoms with Crippen molar-refractivity contribution in [1.29, 1.82) is 0 Å². The zero-order valence-electron chi connectivity index (χ0n) is 12.9. The van der Waals surface area contributed by atoms with Gasteiger partial charge in [-0.1, -0.05) is 34.4 Å². The van der Waals surface area contributed by atoms with E-state index in [0.717, 1.165) is 25.9 Å². The molecule has 1 amide bonds. The van der Waals surface area contributed by atoms with Crippen molar-refractivity contribution >= 4 is 29.1 Å². The first-order valence-electron chi connectivity index (χ1n) is 7.67. The van der Waals surface area contributed by atoms with Gasteiger partial charge in [-0.2, -0.15) is 0 Å². The third-order valence-electron chi connectivity index (χ3n) is 3.70. The number of para-hydroxylation sites is 1. The van der Waals surface area contributed by atoms with E-state index in [1.807, 2.05) is 0 Å². The van der Waals surface area contributed by atoms with Crippen molar-refractivity contribution in [3.05, 3.63) is 45.8 Å². The highest BCUT2D eigenvalue weighted by molar-refractivity contribution is 6.37. The van der Waals surface area contributed by atoms with E-state index < -0.39 is 0 Å². The van der Waals surface area contributed by atoms with Crippen molar-refractivity contribution in [2.45, 2.75) is 25.5 Å². The van der Waals surface area contributed by atoms with Gasteiger partial charge in [0.15, 0.2) is 17.2 Å². The predicted molar refractivity (Wildman–Crippen MR) is 90.7 cm³/mol. The monoisotopic (exact) mass is 369 g/mol. The van der Waals surface area contributed by atoms with Gasteiger partial charge in [0, 0.05) is 18.7 Å². The molecule has 1 aromatic heterocycles. The second-order valence-corrected chi connectivity index (χ2v) is 6.35. The van der Waals surface area contributed by atoms with Crippen LogP contribution in [0.5, 0.6) is 5.75 Å². The smallest absolute Gasteiger partial charge is 0.273 e. The number of carbonyl (C=O) groups excluding carboxylic acids is 1. The van der Waals surface area contributed by atoms with Gasteiger partial charge in [0.1, 0.15) is 6.61 Å². The molecule has 3 rings (SSSR count). The van der Waals surface area contributed by atoms with E-state index in [-0.39, 0.29) is 24.2 Å². The van der Waals surface area contributed by atoms with Crippen LogP contribution in [0.25, 0.3) is 0 Å². The zero-order chi connectivity index (χ0) is 16.9. The summed E-state index contributed by atoms with van der Waals surface area (Å²) in [5.41, 5.74) is 0.226. The van der Waals surface area contributed by atoms with Crippen molar-refractivity contribution in [2.75, 3.05) is 13.1 Å². The molecule has 6 nitrogen and oxygen atoms in total. The Kier molecular flexibility index (Phi) is 5.60.